The molecule has 2 aliphatic rings. The van der Waals surface area contributed by atoms with Crippen molar-refractivity contribution in [2.24, 2.45) is 18.9 Å². The van der Waals surface area contributed by atoms with Gasteiger partial charge in [-0.15, -0.1) is 0 Å². The molecule has 1 aromatic heterocycles. The summed E-state index contributed by atoms with van der Waals surface area (Å²) >= 11 is 5.76. The molecular weight excluding hydrogens is 436 g/mol. The Labute approximate surface area is 181 Å². The van der Waals surface area contributed by atoms with Crippen LogP contribution in [-0.4, -0.2) is 16.3 Å². The van der Waals surface area contributed by atoms with Crippen LogP contribution >= 0.6 is 11.6 Å². The van der Waals surface area contributed by atoms with Gasteiger partial charge in [0, 0.05) is 25.6 Å². The van der Waals surface area contributed by atoms with Crippen LogP contribution < -0.4 is 5.32 Å². The summed E-state index contributed by atoms with van der Waals surface area (Å²) in [6.45, 7) is 1.39. The highest BCUT2D eigenvalue weighted by Crippen LogP contribution is 2.52. The fourth-order valence-electron chi connectivity index (χ4n) is 5.41. The molecule has 1 heterocycles. The molecular formula is C22H21ClF4N2O2. The summed E-state index contributed by atoms with van der Waals surface area (Å²) in [6.07, 6.45) is -2.55. The minimum absolute atomic E-state index is 0.0357. The van der Waals surface area contributed by atoms with Crippen molar-refractivity contribution >= 4 is 29.0 Å². The van der Waals surface area contributed by atoms with Gasteiger partial charge in [-0.2, -0.15) is 13.2 Å². The van der Waals surface area contributed by atoms with Crippen LogP contribution in [0.4, 0.5) is 23.2 Å². The normalized spacial score (nSPS) is 23.3. The average Bonchev–Trinajstić information content (AvgIpc) is 3.26. The number of ketones is 1. The van der Waals surface area contributed by atoms with Gasteiger partial charge < -0.3 is 9.88 Å². The molecule has 1 aromatic carbocycles. The van der Waals surface area contributed by atoms with Crippen LogP contribution in [0.1, 0.15) is 58.9 Å². The summed E-state index contributed by atoms with van der Waals surface area (Å²) in [6, 6.07) is 3.58. The minimum atomic E-state index is -4.63. The summed E-state index contributed by atoms with van der Waals surface area (Å²) in [5.74, 6) is -1.12. The van der Waals surface area contributed by atoms with E-state index in [4.69, 9.17) is 11.6 Å². The van der Waals surface area contributed by atoms with Crippen molar-refractivity contribution in [3.05, 3.63) is 51.6 Å². The molecule has 31 heavy (non-hydrogen) atoms. The van der Waals surface area contributed by atoms with Crippen molar-refractivity contribution in [2.75, 3.05) is 5.32 Å². The van der Waals surface area contributed by atoms with Crippen molar-refractivity contribution in [3.8, 4) is 0 Å². The van der Waals surface area contributed by atoms with Crippen LogP contribution in [-0.2, 0) is 18.0 Å². The number of carbonyl (C=O) groups is 2. The molecule has 0 spiro atoms. The van der Waals surface area contributed by atoms with Gasteiger partial charge in [0.25, 0.3) is 5.91 Å². The van der Waals surface area contributed by atoms with Crippen molar-refractivity contribution in [1.82, 2.24) is 4.57 Å². The Balaban J connectivity index is 1.74. The zero-order valence-corrected chi connectivity index (χ0v) is 17.7. The van der Waals surface area contributed by atoms with E-state index >= 15 is 0 Å². The van der Waals surface area contributed by atoms with E-state index < -0.39 is 23.6 Å². The fourth-order valence-corrected chi connectivity index (χ4v) is 5.59. The smallest absolute Gasteiger partial charge is 0.336 e. The summed E-state index contributed by atoms with van der Waals surface area (Å²) in [7, 11) is 1.23. The molecule has 1 amide bonds. The number of hydrogen-bond donors (Lipinski definition) is 1. The first-order valence-corrected chi connectivity index (χ1v) is 10.4. The van der Waals surface area contributed by atoms with E-state index in [0.717, 1.165) is 10.6 Å². The lowest BCUT2D eigenvalue weighted by molar-refractivity contribution is -0.143. The highest BCUT2D eigenvalue weighted by molar-refractivity contribution is 6.31. The summed E-state index contributed by atoms with van der Waals surface area (Å²) < 4.78 is 55.7. The first kappa shape index (κ1) is 21.9. The topological polar surface area (TPSA) is 51.1 Å². The second-order valence-electron chi connectivity index (χ2n) is 8.51. The predicted molar refractivity (Wildman–Crippen MR) is 108 cm³/mol. The van der Waals surface area contributed by atoms with E-state index in [0.29, 0.717) is 31.2 Å². The maximum absolute atomic E-state index is 13.8. The van der Waals surface area contributed by atoms with Gasteiger partial charge in [-0.1, -0.05) is 11.6 Å². The molecule has 4 nitrogen and oxygen atoms in total. The Morgan fingerprint density at radius 1 is 1.19 bits per heavy atom. The van der Waals surface area contributed by atoms with Gasteiger partial charge in [-0.25, -0.2) is 4.39 Å². The number of carbonyl (C=O) groups excluding carboxylic acids is 2. The molecule has 2 saturated carbocycles. The predicted octanol–water partition coefficient (Wildman–Crippen LogP) is 5.87. The number of hydrogen-bond acceptors (Lipinski definition) is 2. The molecule has 0 radical (unpaired) electrons. The van der Waals surface area contributed by atoms with Crippen molar-refractivity contribution in [3.63, 3.8) is 0 Å². The second-order valence-corrected chi connectivity index (χ2v) is 8.92. The highest BCUT2D eigenvalue weighted by Gasteiger charge is 2.46. The van der Waals surface area contributed by atoms with Crippen LogP contribution in [0, 0.1) is 24.6 Å². The summed E-state index contributed by atoms with van der Waals surface area (Å²) in [4.78, 5) is 24.8. The number of alkyl halides is 3. The van der Waals surface area contributed by atoms with Gasteiger partial charge in [0.05, 0.1) is 5.02 Å². The number of aromatic nitrogens is 1. The Morgan fingerprint density at radius 2 is 1.81 bits per heavy atom. The van der Waals surface area contributed by atoms with E-state index in [1.54, 1.807) is 0 Å². The maximum Gasteiger partial charge on any atom is 0.431 e. The van der Waals surface area contributed by atoms with Gasteiger partial charge in [-0.05, 0) is 66.8 Å². The molecule has 2 atom stereocenters. The zero-order chi connectivity index (χ0) is 22.7. The van der Waals surface area contributed by atoms with E-state index in [1.807, 2.05) is 0 Å². The monoisotopic (exact) mass is 456 g/mol. The van der Waals surface area contributed by atoms with E-state index in [-0.39, 0.29) is 45.5 Å². The standard InChI is InChI=1S/C22H21ClF4N2O2/c1-10-18(13-5-11-7-15(30)8-12(11)6-13)19(29(2)20(10)22(25,26)27)21(31)28-14-3-4-17(24)16(23)9-14/h3-4,9,11-13H,5-8H2,1-2H3,(H,28,31). The number of amides is 1. The summed E-state index contributed by atoms with van der Waals surface area (Å²) in [5.41, 5.74) is -0.334. The Bertz CT molecular complexity index is 1060. The van der Waals surface area contributed by atoms with Gasteiger partial charge in [0.1, 0.15) is 23.0 Å². The Morgan fingerprint density at radius 3 is 2.35 bits per heavy atom. The quantitative estimate of drug-likeness (QED) is 0.587. The average molecular weight is 457 g/mol. The molecule has 2 unspecified atom stereocenters. The molecule has 0 bridgehead atoms. The maximum atomic E-state index is 13.8. The van der Waals surface area contributed by atoms with Gasteiger partial charge in [0.2, 0.25) is 0 Å². The lowest BCUT2D eigenvalue weighted by Crippen LogP contribution is -2.20. The summed E-state index contributed by atoms with van der Waals surface area (Å²) in [5, 5.41) is 2.34. The first-order valence-electron chi connectivity index (χ1n) is 10.0. The lowest BCUT2D eigenvalue weighted by atomic mass is 9.90. The third-order valence-electron chi connectivity index (χ3n) is 6.58. The van der Waals surface area contributed by atoms with Gasteiger partial charge in [0.15, 0.2) is 0 Å². The van der Waals surface area contributed by atoms with Crippen LogP contribution in [0.15, 0.2) is 18.2 Å². The fraction of sp³-hybridized carbons (Fsp3) is 0.455. The molecule has 0 aliphatic heterocycles. The van der Waals surface area contributed by atoms with Crippen molar-refractivity contribution in [2.45, 2.75) is 44.7 Å². The number of benzene rings is 1. The van der Waals surface area contributed by atoms with Crippen molar-refractivity contribution in [1.29, 1.82) is 0 Å². The molecule has 0 saturated heterocycles. The van der Waals surface area contributed by atoms with Crippen molar-refractivity contribution < 1.29 is 27.2 Å². The number of anilines is 1. The number of Topliss-reactive ketones (excluding diaryl/α,β-unsaturated/α-hetero) is 1. The van der Waals surface area contributed by atoms with Crippen LogP contribution in [0.3, 0.4) is 0 Å². The highest BCUT2D eigenvalue weighted by atomic mass is 35.5. The Kier molecular flexibility index (Phi) is 5.40. The molecule has 2 aliphatic carbocycles. The number of halogens is 5. The lowest BCUT2D eigenvalue weighted by Gasteiger charge is -2.15. The number of rotatable bonds is 3. The molecule has 9 heteroatoms. The number of fused-ring (bicyclic) bond motifs is 1. The largest absolute Gasteiger partial charge is 0.431 e. The molecule has 2 aromatic rings. The first-order chi connectivity index (χ1) is 14.5. The molecule has 2 fully saturated rings. The van der Waals surface area contributed by atoms with Crippen LogP contribution in [0.2, 0.25) is 5.02 Å². The van der Waals surface area contributed by atoms with E-state index in [2.05, 4.69) is 5.32 Å². The minimum Gasteiger partial charge on any atom is -0.336 e. The van der Waals surface area contributed by atoms with Gasteiger partial charge >= 0.3 is 6.18 Å². The zero-order valence-electron chi connectivity index (χ0n) is 16.9. The molecule has 166 valence electrons. The third-order valence-corrected chi connectivity index (χ3v) is 6.87. The number of nitrogens with zero attached hydrogens (tertiary/aromatic N) is 1. The van der Waals surface area contributed by atoms with Crippen LogP contribution in [0.25, 0.3) is 0 Å². The Hall–Kier alpha value is -2.35. The third kappa shape index (κ3) is 3.86. The number of nitrogens with one attached hydrogen (secondary N) is 1. The molecule has 1 N–H and O–H groups in total. The van der Waals surface area contributed by atoms with Gasteiger partial charge in [-0.3, -0.25) is 9.59 Å². The molecule has 4 rings (SSSR count). The van der Waals surface area contributed by atoms with Crippen LogP contribution in [0.5, 0.6) is 0 Å². The second kappa shape index (κ2) is 7.65. The SMILES string of the molecule is Cc1c(C2CC3CC(=O)CC3C2)c(C(=O)Nc2ccc(F)c(Cl)c2)n(C)c1C(F)(F)F. The van der Waals surface area contributed by atoms with E-state index in [1.165, 1.54) is 26.1 Å². The van der Waals surface area contributed by atoms with E-state index in [9.17, 15) is 27.2 Å².